The normalized spacial score (nSPS) is 13.6. The van der Waals surface area contributed by atoms with Crippen LogP contribution in [-0.4, -0.2) is 6.66 Å². The molecule has 0 aliphatic carbocycles. The number of benzene rings is 3. The van der Waals surface area contributed by atoms with E-state index in [1.54, 1.807) is 0 Å². The lowest BCUT2D eigenvalue weighted by Crippen LogP contribution is -2.14. The summed E-state index contributed by atoms with van der Waals surface area (Å²) in [5.74, 6) is 0. The van der Waals surface area contributed by atoms with E-state index in [0.717, 1.165) is 21.7 Å². The van der Waals surface area contributed by atoms with Gasteiger partial charge in [0.25, 0.3) is 0 Å². The Bertz CT molecular complexity index is 779. The van der Waals surface area contributed by atoms with E-state index < -0.39 is 7.14 Å². The first kappa shape index (κ1) is 13.9. The molecule has 1 atom stereocenters. The third-order valence-corrected chi connectivity index (χ3v) is 6.24. The molecule has 0 saturated heterocycles. The highest BCUT2D eigenvalue weighted by molar-refractivity contribution is 7.78. The SMILES string of the molecule is CP(=O)(c1ccccc1)c1cccc(-c2ccccc2)c1. The molecular formula is C19H17OP. The van der Waals surface area contributed by atoms with Crippen molar-refractivity contribution >= 4 is 17.8 Å². The van der Waals surface area contributed by atoms with Gasteiger partial charge in [0.15, 0.2) is 0 Å². The first-order valence-electron chi connectivity index (χ1n) is 6.97. The molecule has 0 saturated carbocycles. The van der Waals surface area contributed by atoms with Crippen molar-refractivity contribution in [2.75, 3.05) is 6.66 Å². The average molecular weight is 292 g/mol. The van der Waals surface area contributed by atoms with Crippen molar-refractivity contribution in [3.8, 4) is 11.1 Å². The lowest BCUT2D eigenvalue weighted by atomic mass is 10.1. The highest BCUT2D eigenvalue weighted by atomic mass is 31.2. The van der Waals surface area contributed by atoms with E-state index >= 15 is 0 Å². The second kappa shape index (κ2) is 5.71. The molecular weight excluding hydrogens is 275 g/mol. The maximum absolute atomic E-state index is 13.2. The largest absolute Gasteiger partial charge is 0.314 e. The van der Waals surface area contributed by atoms with Crippen molar-refractivity contribution in [3.63, 3.8) is 0 Å². The van der Waals surface area contributed by atoms with E-state index in [1.165, 1.54) is 0 Å². The Morgan fingerprint density at radius 3 is 1.81 bits per heavy atom. The fourth-order valence-electron chi connectivity index (χ4n) is 2.44. The van der Waals surface area contributed by atoms with Crippen LogP contribution in [0.2, 0.25) is 0 Å². The van der Waals surface area contributed by atoms with E-state index in [1.807, 2.05) is 73.4 Å². The first-order chi connectivity index (χ1) is 10.2. The molecule has 104 valence electrons. The topological polar surface area (TPSA) is 17.1 Å². The van der Waals surface area contributed by atoms with E-state index in [2.05, 4.69) is 18.2 Å². The summed E-state index contributed by atoms with van der Waals surface area (Å²) in [5.41, 5.74) is 2.25. The minimum absolute atomic E-state index is 0.898. The molecule has 0 aliphatic rings. The Morgan fingerprint density at radius 1 is 0.619 bits per heavy atom. The molecule has 0 aromatic heterocycles. The van der Waals surface area contributed by atoms with Crippen LogP contribution in [0.4, 0.5) is 0 Å². The molecule has 0 aliphatic heterocycles. The fraction of sp³-hybridized carbons (Fsp3) is 0.0526. The van der Waals surface area contributed by atoms with Crippen LogP contribution >= 0.6 is 7.14 Å². The Labute approximate surface area is 125 Å². The second-order valence-electron chi connectivity index (χ2n) is 5.18. The average Bonchev–Trinajstić information content (AvgIpc) is 2.57. The van der Waals surface area contributed by atoms with Gasteiger partial charge in [-0.05, 0) is 23.9 Å². The molecule has 0 spiro atoms. The summed E-state index contributed by atoms with van der Waals surface area (Å²) < 4.78 is 13.2. The summed E-state index contributed by atoms with van der Waals surface area (Å²) in [6.45, 7) is 1.84. The number of hydrogen-bond donors (Lipinski definition) is 0. The summed E-state index contributed by atoms with van der Waals surface area (Å²) in [6.07, 6.45) is 0. The van der Waals surface area contributed by atoms with Crippen molar-refractivity contribution < 1.29 is 4.57 Å². The second-order valence-corrected chi connectivity index (χ2v) is 8.06. The fourth-order valence-corrected chi connectivity index (χ4v) is 4.24. The van der Waals surface area contributed by atoms with Crippen LogP contribution < -0.4 is 10.6 Å². The van der Waals surface area contributed by atoms with Crippen LogP contribution in [0.15, 0.2) is 84.9 Å². The van der Waals surface area contributed by atoms with Crippen molar-refractivity contribution in [2.45, 2.75) is 0 Å². The number of rotatable bonds is 3. The summed E-state index contributed by atoms with van der Waals surface area (Å²) in [5, 5.41) is 1.80. The summed E-state index contributed by atoms with van der Waals surface area (Å²) >= 11 is 0. The van der Waals surface area contributed by atoms with Crippen molar-refractivity contribution in [2.24, 2.45) is 0 Å². The van der Waals surface area contributed by atoms with Crippen LogP contribution in [0.3, 0.4) is 0 Å². The molecule has 0 bridgehead atoms. The molecule has 2 heteroatoms. The molecule has 0 heterocycles. The zero-order valence-electron chi connectivity index (χ0n) is 11.9. The Hall–Kier alpha value is -2.11. The van der Waals surface area contributed by atoms with Crippen molar-refractivity contribution in [1.29, 1.82) is 0 Å². The van der Waals surface area contributed by atoms with Gasteiger partial charge in [-0.1, -0.05) is 78.9 Å². The van der Waals surface area contributed by atoms with Gasteiger partial charge < -0.3 is 4.57 Å². The lowest BCUT2D eigenvalue weighted by molar-refractivity contribution is 0.590. The van der Waals surface area contributed by atoms with Gasteiger partial charge in [0.05, 0.1) is 0 Å². The lowest BCUT2D eigenvalue weighted by Gasteiger charge is -2.15. The van der Waals surface area contributed by atoms with Crippen molar-refractivity contribution in [3.05, 3.63) is 84.9 Å². The smallest absolute Gasteiger partial charge is 0.140 e. The molecule has 0 fully saturated rings. The Kier molecular flexibility index (Phi) is 3.77. The molecule has 0 amide bonds. The molecule has 3 aromatic carbocycles. The summed E-state index contributed by atoms with van der Waals surface area (Å²) in [6, 6.07) is 27.9. The summed E-state index contributed by atoms with van der Waals surface area (Å²) in [7, 11) is -2.54. The van der Waals surface area contributed by atoms with E-state index in [9.17, 15) is 4.57 Å². The monoisotopic (exact) mass is 292 g/mol. The van der Waals surface area contributed by atoms with Gasteiger partial charge in [-0.15, -0.1) is 0 Å². The van der Waals surface area contributed by atoms with E-state index in [-0.39, 0.29) is 0 Å². The standard InChI is InChI=1S/C19H17OP/c1-21(20,18-12-6-3-7-13-18)19-14-8-11-17(15-19)16-9-4-2-5-10-16/h2-15H,1H3. The van der Waals surface area contributed by atoms with Gasteiger partial charge in [0.2, 0.25) is 0 Å². The van der Waals surface area contributed by atoms with Gasteiger partial charge in [-0.2, -0.15) is 0 Å². The van der Waals surface area contributed by atoms with Gasteiger partial charge in [0.1, 0.15) is 7.14 Å². The maximum atomic E-state index is 13.2. The maximum Gasteiger partial charge on any atom is 0.140 e. The highest BCUT2D eigenvalue weighted by Crippen LogP contribution is 2.39. The van der Waals surface area contributed by atoms with Crippen LogP contribution in [0, 0.1) is 0 Å². The molecule has 1 unspecified atom stereocenters. The molecule has 0 N–H and O–H groups in total. The zero-order valence-corrected chi connectivity index (χ0v) is 12.8. The minimum atomic E-state index is -2.54. The predicted octanol–water partition coefficient (Wildman–Crippen LogP) is 4.30. The molecule has 3 aromatic rings. The third-order valence-electron chi connectivity index (χ3n) is 3.69. The third kappa shape index (κ3) is 2.84. The van der Waals surface area contributed by atoms with Crippen molar-refractivity contribution in [1.82, 2.24) is 0 Å². The number of hydrogen-bond acceptors (Lipinski definition) is 1. The van der Waals surface area contributed by atoms with Crippen LogP contribution in [0.25, 0.3) is 11.1 Å². The predicted molar refractivity (Wildman–Crippen MR) is 91.1 cm³/mol. The highest BCUT2D eigenvalue weighted by Gasteiger charge is 2.20. The van der Waals surface area contributed by atoms with E-state index in [4.69, 9.17) is 0 Å². The van der Waals surface area contributed by atoms with E-state index in [0.29, 0.717) is 0 Å². The Balaban J connectivity index is 2.06. The zero-order chi connectivity index (χ0) is 14.7. The van der Waals surface area contributed by atoms with Gasteiger partial charge in [-0.3, -0.25) is 0 Å². The van der Waals surface area contributed by atoms with Crippen LogP contribution in [-0.2, 0) is 4.57 Å². The van der Waals surface area contributed by atoms with Gasteiger partial charge >= 0.3 is 0 Å². The first-order valence-corrected chi connectivity index (χ1v) is 9.12. The van der Waals surface area contributed by atoms with Crippen LogP contribution in [0.5, 0.6) is 0 Å². The molecule has 1 nitrogen and oxygen atoms in total. The quantitative estimate of drug-likeness (QED) is 0.658. The molecule has 21 heavy (non-hydrogen) atoms. The van der Waals surface area contributed by atoms with Gasteiger partial charge in [-0.25, -0.2) is 0 Å². The van der Waals surface area contributed by atoms with Gasteiger partial charge in [0, 0.05) is 10.6 Å². The Morgan fingerprint density at radius 2 is 1.14 bits per heavy atom. The molecule has 0 radical (unpaired) electrons. The molecule has 3 rings (SSSR count). The van der Waals surface area contributed by atoms with Crippen LogP contribution in [0.1, 0.15) is 0 Å². The minimum Gasteiger partial charge on any atom is -0.314 e. The summed E-state index contributed by atoms with van der Waals surface area (Å²) in [4.78, 5) is 0.